The van der Waals surface area contributed by atoms with Crippen LogP contribution in [0.5, 0.6) is 0 Å². The lowest BCUT2D eigenvalue weighted by molar-refractivity contribution is -0.142. The summed E-state index contributed by atoms with van der Waals surface area (Å²) in [6.45, 7) is 2.83. The van der Waals surface area contributed by atoms with Crippen LogP contribution in [0.15, 0.2) is 22.7 Å². The second-order valence-corrected chi connectivity index (χ2v) is 8.37. The summed E-state index contributed by atoms with van der Waals surface area (Å²) < 4.78 is 41.0. The lowest BCUT2D eigenvalue weighted by atomic mass is 10.2. The van der Waals surface area contributed by atoms with Gasteiger partial charge in [0.2, 0.25) is 0 Å². The van der Waals surface area contributed by atoms with Crippen molar-refractivity contribution in [2.45, 2.75) is 44.8 Å². The highest BCUT2D eigenvalue weighted by atomic mass is 79.9. The standard InChI is InChI=1S/C18H19BrClF3N4S/c1-10-3-6-12(20)9-13(10)25-17(28)24-7-2-8-27-15(11-4-5-11)14(19)16(26-27)18(21,22)23/h3,6,9,11H,2,4-5,7-8H2,1H3,(H2,24,25,28). The molecule has 1 saturated carbocycles. The van der Waals surface area contributed by atoms with Crippen LogP contribution in [-0.2, 0) is 12.7 Å². The first-order valence-corrected chi connectivity index (χ1v) is 10.4. The Labute approximate surface area is 180 Å². The number of benzene rings is 1. The van der Waals surface area contributed by atoms with Crippen molar-refractivity contribution in [3.8, 4) is 0 Å². The van der Waals surface area contributed by atoms with Crippen LogP contribution >= 0.6 is 39.7 Å². The first-order chi connectivity index (χ1) is 13.2. The van der Waals surface area contributed by atoms with Gasteiger partial charge >= 0.3 is 6.18 Å². The van der Waals surface area contributed by atoms with E-state index in [2.05, 4.69) is 31.7 Å². The number of anilines is 1. The lowest BCUT2D eigenvalue weighted by Crippen LogP contribution is -2.30. The summed E-state index contributed by atoms with van der Waals surface area (Å²) in [5.74, 6) is 0.152. The van der Waals surface area contributed by atoms with Gasteiger partial charge in [-0.1, -0.05) is 17.7 Å². The minimum Gasteiger partial charge on any atom is -0.362 e. The number of aryl methyl sites for hydroxylation is 2. The maximum atomic E-state index is 13.1. The molecule has 28 heavy (non-hydrogen) atoms. The van der Waals surface area contributed by atoms with Crippen molar-refractivity contribution in [3.63, 3.8) is 0 Å². The van der Waals surface area contributed by atoms with E-state index in [0.29, 0.717) is 35.3 Å². The topological polar surface area (TPSA) is 41.9 Å². The van der Waals surface area contributed by atoms with Gasteiger partial charge in [0.25, 0.3) is 0 Å². The SMILES string of the molecule is Cc1ccc(Cl)cc1NC(=S)NCCCn1nc(C(F)(F)F)c(Br)c1C1CC1. The number of aromatic nitrogens is 2. The van der Waals surface area contributed by atoms with Crippen molar-refractivity contribution in [2.75, 3.05) is 11.9 Å². The van der Waals surface area contributed by atoms with Crippen molar-refractivity contribution < 1.29 is 13.2 Å². The van der Waals surface area contributed by atoms with Crippen molar-refractivity contribution in [2.24, 2.45) is 0 Å². The molecule has 1 aliphatic rings. The van der Waals surface area contributed by atoms with Crippen LogP contribution in [0.25, 0.3) is 0 Å². The Kier molecular flexibility index (Phi) is 6.56. The highest BCUT2D eigenvalue weighted by Crippen LogP contribution is 2.47. The van der Waals surface area contributed by atoms with Crippen molar-refractivity contribution in [3.05, 3.63) is 44.6 Å². The van der Waals surface area contributed by atoms with Crippen molar-refractivity contribution >= 4 is 50.5 Å². The highest BCUT2D eigenvalue weighted by Gasteiger charge is 2.41. The smallest absolute Gasteiger partial charge is 0.362 e. The molecule has 2 aromatic rings. The molecule has 4 nitrogen and oxygen atoms in total. The average molecular weight is 496 g/mol. The third kappa shape index (κ3) is 5.18. The molecule has 2 N–H and O–H groups in total. The lowest BCUT2D eigenvalue weighted by Gasteiger charge is -2.13. The predicted molar refractivity (Wildman–Crippen MR) is 112 cm³/mol. The molecule has 0 bridgehead atoms. The molecule has 152 valence electrons. The first kappa shape index (κ1) is 21.4. The van der Waals surface area contributed by atoms with Gasteiger partial charge in [-0.15, -0.1) is 0 Å². The van der Waals surface area contributed by atoms with Gasteiger partial charge in [0.05, 0.1) is 10.2 Å². The normalized spacial score (nSPS) is 14.2. The number of thiocarbonyl (C=S) groups is 1. The zero-order valence-corrected chi connectivity index (χ0v) is 18.2. The number of rotatable bonds is 6. The van der Waals surface area contributed by atoms with Crippen LogP contribution in [-0.4, -0.2) is 21.4 Å². The summed E-state index contributed by atoms with van der Waals surface area (Å²) in [7, 11) is 0. The third-order valence-electron chi connectivity index (χ3n) is 4.44. The zero-order valence-electron chi connectivity index (χ0n) is 15.0. The molecular weight excluding hydrogens is 477 g/mol. The van der Waals surface area contributed by atoms with Crippen LogP contribution in [0.1, 0.15) is 42.1 Å². The van der Waals surface area contributed by atoms with Gasteiger partial charge in [-0.2, -0.15) is 18.3 Å². The molecule has 1 aromatic carbocycles. The van der Waals surface area contributed by atoms with E-state index in [1.54, 1.807) is 12.1 Å². The van der Waals surface area contributed by atoms with Gasteiger partial charge in [0.1, 0.15) is 0 Å². The molecule has 0 saturated heterocycles. The number of halogens is 5. The second-order valence-electron chi connectivity index (χ2n) is 6.74. The fourth-order valence-electron chi connectivity index (χ4n) is 2.88. The Morgan fingerprint density at radius 3 is 2.75 bits per heavy atom. The summed E-state index contributed by atoms with van der Waals surface area (Å²) in [6.07, 6.45) is -2.09. The molecule has 3 rings (SSSR count). The molecule has 0 unspecified atom stereocenters. The molecule has 0 amide bonds. The van der Waals surface area contributed by atoms with E-state index in [1.807, 2.05) is 13.0 Å². The Bertz CT molecular complexity index is 880. The van der Waals surface area contributed by atoms with Gasteiger partial charge in [-0.3, -0.25) is 4.68 Å². The maximum Gasteiger partial charge on any atom is 0.436 e. The molecule has 1 fully saturated rings. The maximum absolute atomic E-state index is 13.1. The third-order valence-corrected chi connectivity index (χ3v) is 5.71. The molecule has 1 aromatic heterocycles. The summed E-state index contributed by atoms with van der Waals surface area (Å²) in [5.41, 5.74) is 1.61. The van der Waals surface area contributed by atoms with Gasteiger partial charge in [0.15, 0.2) is 10.8 Å². The first-order valence-electron chi connectivity index (χ1n) is 8.81. The molecule has 1 heterocycles. The van der Waals surface area contributed by atoms with Crippen LogP contribution in [0.2, 0.25) is 5.02 Å². The Hall–Kier alpha value is -1.32. The highest BCUT2D eigenvalue weighted by molar-refractivity contribution is 9.10. The summed E-state index contributed by atoms with van der Waals surface area (Å²) in [6, 6.07) is 5.47. The van der Waals surface area contributed by atoms with Gasteiger partial charge in [-0.05, 0) is 72.0 Å². The van der Waals surface area contributed by atoms with Gasteiger partial charge < -0.3 is 10.6 Å². The Morgan fingerprint density at radius 2 is 2.11 bits per heavy atom. The van der Waals surface area contributed by atoms with Crippen molar-refractivity contribution in [1.29, 1.82) is 0 Å². The number of nitrogens with zero attached hydrogens (tertiary/aromatic N) is 2. The van der Waals surface area contributed by atoms with E-state index < -0.39 is 11.9 Å². The summed E-state index contributed by atoms with van der Waals surface area (Å²) in [4.78, 5) is 0. The molecule has 0 atom stereocenters. The molecule has 0 radical (unpaired) electrons. The van der Waals surface area contributed by atoms with E-state index in [4.69, 9.17) is 23.8 Å². The van der Waals surface area contributed by atoms with Crippen molar-refractivity contribution in [1.82, 2.24) is 15.1 Å². The average Bonchev–Trinajstić information content (AvgIpc) is 3.37. The van der Waals surface area contributed by atoms with E-state index in [0.717, 1.165) is 24.1 Å². The summed E-state index contributed by atoms with van der Waals surface area (Å²) in [5, 5.41) is 11.0. The minimum absolute atomic E-state index is 0.0732. The number of hydrogen-bond donors (Lipinski definition) is 2. The molecule has 0 spiro atoms. The monoisotopic (exact) mass is 494 g/mol. The number of nitrogens with one attached hydrogen (secondary N) is 2. The van der Waals surface area contributed by atoms with Crippen LogP contribution in [0.4, 0.5) is 18.9 Å². The Balaban J connectivity index is 1.55. The molecule has 0 aliphatic heterocycles. The van der Waals surface area contributed by atoms with E-state index >= 15 is 0 Å². The largest absolute Gasteiger partial charge is 0.436 e. The molecule has 1 aliphatic carbocycles. The van der Waals surface area contributed by atoms with E-state index in [1.165, 1.54) is 4.68 Å². The fraction of sp³-hybridized carbons (Fsp3) is 0.444. The zero-order chi connectivity index (χ0) is 20.5. The quantitative estimate of drug-likeness (QED) is 0.388. The number of alkyl halides is 3. The van der Waals surface area contributed by atoms with Gasteiger partial charge in [-0.25, -0.2) is 0 Å². The van der Waals surface area contributed by atoms with E-state index in [-0.39, 0.29) is 10.4 Å². The Morgan fingerprint density at radius 1 is 1.39 bits per heavy atom. The summed E-state index contributed by atoms with van der Waals surface area (Å²) >= 11 is 14.4. The minimum atomic E-state index is -4.47. The molecular formula is C18H19BrClF3N4S. The van der Waals surface area contributed by atoms with Crippen LogP contribution in [0, 0.1) is 6.92 Å². The van der Waals surface area contributed by atoms with Gasteiger partial charge in [0, 0.05) is 29.7 Å². The van der Waals surface area contributed by atoms with Crippen LogP contribution in [0.3, 0.4) is 0 Å². The number of hydrogen-bond acceptors (Lipinski definition) is 2. The van der Waals surface area contributed by atoms with Crippen LogP contribution < -0.4 is 10.6 Å². The molecule has 10 heteroatoms. The predicted octanol–water partition coefficient (Wildman–Crippen LogP) is 5.88. The van der Waals surface area contributed by atoms with E-state index in [9.17, 15) is 13.2 Å². The second kappa shape index (κ2) is 8.59. The fourth-order valence-corrected chi connectivity index (χ4v) is 4.09.